The van der Waals surface area contributed by atoms with Gasteiger partial charge in [0.2, 0.25) is 5.91 Å². The van der Waals surface area contributed by atoms with Crippen LogP contribution in [0, 0.1) is 0 Å². The lowest BCUT2D eigenvalue weighted by Crippen LogP contribution is -2.44. The Bertz CT molecular complexity index is 446. The van der Waals surface area contributed by atoms with Crippen LogP contribution in [-0.2, 0) is 14.4 Å². The zero-order chi connectivity index (χ0) is 21.0. The van der Waals surface area contributed by atoms with Gasteiger partial charge in [0.25, 0.3) is 11.8 Å². The second-order valence-electron chi connectivity index (χ2n) is 7.17. The second-order valence-corrected chi connectivity index (χ2v) is 7.17. The Balaban J connectivity index is 3.65. The molecule has 162 valence electrons. The van der Waals surface area contributed by atoms with E-state index < -0.39 is 30.9 Å². The second kappa shape index (κ2) is 18.8. The zero-order valence-electron chi connectivity index (χ0n) is 17.5. The zero-order valence-corrected chi connectivity index (χ0v) is 17.5. The van der Waals surface area contributed by atoms with Gasteiger partial charge in [-0.15, -0.1) is 0 Å². The molecule has 0 unspecified atom stereocenters. The van der Waals surface area contributed by atoms with Crippen molar-refractivity contribution in [2.45, 2.75) is 96.8 Å². The maximum absolute atomic E-state index is 11.9. The topological polar surface area (TPSA) is 94.9 Å². The Morgan fingerprint density at radius 3 is 1.54 bits per heavy atom. The molecule has 0 heterocycles. The molecule has 0 fully saturated rings. The summed E-state index contributed by atoms with van der Waals surface area (Å²) in [6.07, 6.45) is 19.5. The summed E-state index contributed by atoms with van der Waals surface area (Å²) in [5, 5.41) is 17.6. The van der Waals surface area contributed by atoms with E-state index in [1.807, 2.05) is 0 Å². The van der Waals surface area contributed by atoms with Crippen molar-refractivity contribution in [3.63, 3.8) is 0 Å². The number of allylic oxidation sites excluding steroid dienone is 2. The van der Waals surface area contributed by atoms with Crippen LogP contribution in [0.4, 0.5) is 0 Å². The van der Waals surface area contributed by atoms with Crippen molar-refractivity contribution >= 4 is 17.7 Å². The van der Waals surface area contributed by atoms with Gasteiger partial charge < -0.3 is 10.2 Å². The van der Waals surface area contributed by atoms with Crippen molar-refractivity contribution < 1.29 is 24.6 Å². The Morgan fingerprint density at radius 1 is 0.643 bits per heavy atom. The van der Waals surface area contributed by atoms with Crippen molar-refractivity contribution in [3.05, 3.63) is 12.2 Å². The molecule has 0 bridgehead atoms. The summed E-state index contributed by atoms with van der Waals surface area (Å²) in [5.74, 6) is -2.63. The maximum Gasteiger partial charge on any atom is 0.261 e. The first kappa shape index (κ1) is 26.5. The third-order valence-electron chi connectivity index (χ3n) is 4.67. The number of aliphatic hydroxyl groups excluding tert-OH is 2. The van der Waals surface area contributed by atoms with E-state index in [1.165, 1.54) is 44.9 Å². The minimum atomic E-state index is -0.989. The van der Waals surface area contributed by atoms with Gasteiger partial charge in [0, 0.05) is 6.42 Å². The smallest absolute Gasteiger partial charge is 0.261 e. The third kappa shape index (κ3) is 13.6. The van der Waals surface area contributed by atoms with Crippen LogP contribution >= 0.6 is 0 Å². The lowest BCUT2D eigenvalue weighted by molar-refractivity contribution is -0.156. The molecule has 0 saturated carbocycles. The van der Waals surface area contributed by atoms with E-state index in [2.05, 4.69) is 19.1 Å². The van der Waals surface area contributed by atoms with Crippen LogP contribution in [0.3, 0.4) is 0 Å². The average molecular weight is 398 g/mol. The van der Waals surface area contributed by atoms with E-state index in [1.54, 1.807) is 0 Å². The Labute approximate surface area is 170 Å². The number of amides is 3. The predicted octanol–water partition coefficient (Wildman–Crippen LogP) is 3.89. The molecule has 0 aliphatic rings. The molecule has 28 heavy (non-hydrogen) atoms. The van der Waals surface area contributed by atoms with Gasteiger partial charge in [0.1, 0.15) is 13.2 Å². The van der Waals surface area contributed by atoms with Crippen molar-refractivity contribution in [1.29, 1.82) is 0 Å². The van der Waals surface area contributed by atoms with Crippen molar-refractivity contribution in [1.82, 2.24) is 4.90 Å². The summed E-state index contributed by atoms with van der Waals surface area (Å²) < 4.78 is 0. The molecule has 0 atom stereocenters. The molecule has 0 aromatic rings. The largest absolute Gasteiger partial charge is 0.387 e. The highest BCUT2D eigenvalue weighted by atomic mass is 16.3. The van der Waals surface area contributed by atoms with Crippen LogP contribution in [0.1, 0.15) is 96.8 Å². The summed E-state index contributed by atoms with van der Waals surface area (Å²) in [6.45, 7) is 0.381. The van der Waals surface area contributed by atoms with Crippen LogP contribution in [-0.4, -0.2) is 46.0 Å². The number of unbranched alkanes of at least 4 members (excludes halogenated alkanes) is 11. The van der Waals surface area contributed by atoms with Gasteiger partial charge in [-0.25, -0.2) is 4.90 Å². The lowest BCUT2D eigenvalue weighted by atomic mass is 10.1. The molecular weight excluding hydrogens is 358 g/mol. The molecule has 0 aliphatic heterocycles. The molecule has 6 nitrogen and oxygen atoms in total. The van der Waals surface area contributed by atoms with E-state index >= 15 is 0 Å². The molecule has 0 rings (SSSR count). The van der Waals surface area contributed by atoms with E-state index in [9.17, 15) is 14.4 Å². The lowest BCUT2D eigenvalue weighted by Gasteiger charge is -2.16. The summed E-state index contributed by atoms with van der Waals surface area (Å²) >= 11 is 0. The quantitative estimate of drug-likeness (QED) is 0.287. The van der Waals surface area contributed by atoms with Gasteiger partial charge in [-0.05, 0) is 32.1 Å². The van der Waals surface area contributed by atoms with Crippen LogP contribution < -0.4 is 0 Å². The SMILES string of the molecule is CCCCCCCC/C=C\CCCCCCCC(=O)N(C(=O)CO)C(=O)CO. The summed E-state index contributed by atoms with van der Waals surface area (Å²) in [7, 11) is 0. The van der Waals surface area contributed by atoms with Gasteiger partial charge in [0.15, 0.2) is 0 Å². The number of carbonyl (C=O) groups excluding carboxylic acids is 3. The average Bonchev–Trinajstić information content (AvgIpc) is 2.70. The summed E-state index contributed by atoms with van der Waals surface area (Å²) in [4.78, 5) is 35.1. The fourth-order valence-electron chi connectivity index (χ4n) is 3.02. The number of hydrogen-bond acceptors (Lipinski definition) is 5. The number of nitrogens with zero attached hydrogens (tertiary/aromatic N) is 1. The predicted molar refractivity (Wildman–Crippen MR) is 110 cm³/mol. The number of hydrogen-bond donors (Lipinski definition) is 2. The molecule has 0 spiro atoms. The van der Waals surface area contributed by atoms with Crippen molar-refractivity contribution in [2.75, 3.05) is 13.2 Å². The number of aliphatic hydroxyl groups is 2. The minimum absolute atomic E-state index is 0.0651. The highest BCUT2D eigenvalue weighted by Crippen LogP contribution is 2.11. The molecule has 6 heteroatoms. The van der Waals surface area contributed by atoms with Crippen molar-refractivity contribution in [2.24, 2.45) is 0 Å². The monoisotopic (exact) mass is 397 g/mol. The van der Waals surface area contributed by atoms with E-state index in [-0.39, 0.29) is 6.42 Å². The molecule has 0 radical (unpaired) electrons. The van der Waals surface area contributed by atoms with Crippen LogP contribution in [0.15, 0.2) is 12.2 Å². The molecule has 2 N–H and O–H groups in total. The van der Waals surface area contributed by atoms with E-state index in [0.717, 1.165) is 32.1 Å². The highest BCUT2D eigenvalue weighted by molar-refractivity contribution is 6.11. The van der Waals surface area contributed by atoms with Gasteiger partial charge in [0.05, 0.1) is 0 Å². The molecule has 0 saturated heterocycles. The van der Waals surface area contributed by atoms with Crippen LogP contribution in [0.2, 0.25) is 0 Å². The first-order valence-corrected chi connectivity index (χ1v) is 10.8. The standard InChI is InChI=1S/C22H39NO5/c1-2-3-4-5-6-7-8-9-10-11-12-13-14-15-16-17-20(26)23(21(27)18-24)22(28)19-25/h9-10,24-25H,2-8,11-19H2,1H3/b10-9-. The van der Waals surface area contributed by atoms with Gasteiger partial charge in [-0.1, -0.05) is 70.4 Å². The number of imide groups is 3. The normalized spacial score (nSPS) is 11.1. The van der Waals surface area contributed by atoms with E-state index in [4.69, 9.17) is 10.2 Å². The fraction of sp³-hybridized carbons (Fsp3) is 0.773. The van der Waals surface area contributed by atoms with Crippen LogP contribution in [0.5, 0.6) is 0 Å². The van der Waals surface area contributed by atoms with Gasteiger partial charge in [-0.2, -0.15) is 0 Å². The highest BCUT2D eigenvalue weighted by Gasteiger charge is 2.26. The third-order valence-corrected chi connectivity index (χ3v) is 4.67. The van der Waals surface area contributed by atoms with Crippen molar-refractivity contribution in [3.8, 4) is 0 Å². The van der Waals surface area contributed by atoms with Gasteiger partial charge >= 0.3 is 0 Å². The first-order chi connectivity index (χ1) is 13.6. The Kier molecular flexibility index (Phi) is 17.8. The first-order valence-electron chi connectivity index (χ1n) is 10.8. The number of carbonyl (C=O) groups is 3. The van der Waals surface area contributed by atoms with E-state index in [0.29, 0.717) is 11.3 Å². The molecule has 3 amide bonds. The fourth-order valence-corrected chi connectivity index (χ4v) is 3.02. The molecule has 0 aliphatic carbocycles. The Morgan fingerprint density at radius 2 is 1.07 bits per heavy atom. The van der Waals surface area contributed by atoms with Crippen LogP contribution in [0.25, 0.3) is 0 Å². The Hall–Kier alpha value is -1.53. The maximum atomic E-state index is 11.9. The van der Waals surface area contributed by atoms with Gasteiger partial charge in [-0.3, -0.25) is 14.4 Å². The number of rotatable bonds is 17. The minimum Gasteiger partial charge on any atom is -0.387 e. The molecule has 0 aromatic heterocycles. The molecule has 0 aromatic carbocycles. The summed E-state index contributed by atoms with van der Waals surface area (Å²) in [5.41, 5.74) is 0. The molecular formula is C22H39NO5. The summed E-state index contributed by atoms with van der Waals surface area (Å²) in [6, 6.07) is 0.